The van der Waals surface area contributed by atoms with Gasteiger partial charge in [-0.05, 0) is 43.5 Å². The van der Waals surface area contributed by atoms with E-state index in [0.29, 0.717) is 10.0 Å². The van der Waals surface area contributed by atoms with Gasteiger partial charge in [-0.25, -0.2) is 4.98 Å². The van der Waals surface area contributed by atoms with Gasteiger partial charge in [0.25, 0.3) is 0 Å². The van der Waals surface area contributed by atoms with Crippen LogP contribution in [-0.4, -0.2) is 30.6 Å². The Labute approximate surface area is 175 Å². The molecule has 29 heavy (non-hydrogen) atoms. The summed E-state index contributed by atoms with van der Waals surface area (Å²) in [5.41, 5.74) is 3.31. The molecule has 2 fully saturated rings. The summed E-state index contributed by atoms with van der Waals surface area (Å²) < 4.78 is 2.09. The van der Waals surface area contributed by atoms with Crippen molar-refractivity contribution in [2.24, 2.45) is 0 Å². The molecular formula is C19H16Cl2N6O2. The van der Waals surface area contributed by atoms with Gasteiger partial charge in [-0.2, -0.15) is 9.78 Å². The van der Waals surface area contributed by atoms with Crippen molar-refractivity contribution in [2.75, 3.05) is 0 Å². The first-order valence-corrected chi connectivity index (χ1v) is 10.2. The maximum absolute atomic E-state index is 6.14. The monoisotopic (exact) mass is 430 g/mol. The molecule has 0 bridgehead atoms. The van der Waals surface area contributed by atoms with Crippen molar-refractivity contribution in [3.05, 3.63) is 58.1 Å². The summed E-state index contributed by atoms with van der Waals surface area (Å²) >= 11 is 12.3. The molecule has 0 spiro atoms. The Balaban J connectivity index is 1.26. The molecule has 1 aliphatic carbocycles. The molecule has 0 radical (unpaired) electrons. The largest absolute Gasteiger partial charge is 0.345 e. The molecule has 0 amide bonds. The van der Waals surface area contributed by atoms with Gasteiger partial charge in [-0.3, -0.25) is 9.72 Å². The van der Waals surface area contributed by atoms with Crippen LogP contribution in [0.25, 0.3) is 16.8 Å². The van der Waals surface area contributed by atoms with E-state index < -0.39 is 5.91 Å². The van der Waals surface area contributed by atoms with Crippen LogP contribution in [0.1, 0.15) is 36.6 Å². The zero-order valence-electron chi connectivity index (χ0n) is 15.1. The number of fused-ring (bicyclic) bond motifs is 3. The molecule has 3 aromatic heterocycles. The minimum absolute atomic E-state index is 0.191. The van der Waals surface area contributed by atoms with E-state index in [1.165, 1.54) is 0 Å². The lowest BCUT2D eigenvalue weighted by Gasteiger charge is -2.17. The average molecular weight is 431 g/mol. The summed E-state index contributed by atoms with van der Waals surface area (Å²) in [6, 6.07) is 7.46. The molecule has 148 valence electrons. The Morgan fingerprint density at radius 3 is 2.76 bits per heavy atom. The highest BCUT2D eigenvalue weighted by Crippen LogP contribution is 2.43. The predicted molar refractivity (Wildman–Crippen MR) is 106 cm³/mol. The molecular weight excluding hydrogens is 415 g/mol. The molecule has 2 N–H and O–H groups in total. The van der Waals surface area contributed by atoms with E-state index >= 15 is 0 Å². The molecule has 1 aliphatic heterocycles. The van der Waals surface area contributed by atoms with Crippen molar-refractivity contribution in [3.8, 4) is 0 Å². The normalized spacial score (nSPS) is 23.2. The van der Waals surface area contributed by atoms with Gasteiger partial charge < -0.3 is 4.98 Å². The molecule has 1 aromatic carbocycles. The molecule has 4 aromatic rings. The number of hydrogen-bond donors (Lipinski definition) is 2. The fraction of sp³-hybridized carbons (Fsp3) is 0.316. The average Bonchev–Trinajstić information content (AvgIpc) is 3.06. The van der Waals surface area contributed by atoms with Gasteiger partial charge in [0.1, 0.15) is 5.82 Å². The van der Waals surface area contributed by atoms with Crippen LogP contribution in [0.15, 0.2) is 36.7 Å². The van der Waals surface area contributed by atoms with Crippen LogP contribution in [0.5, 0.6) is 0 Å². The molecule has 8 nitrogen and oxygen atoms in total. The van der Waals surface area contributed by atoms with E-state index in [1.807, 2.05) is 12.3 Å². The summed E-state index contributed by atoms with van der Waals surface area (Å²) in [6.07, 6.45) is 6.45. The van der Waals surface area contributed by atoms with Gasteiger partial charge in [0.2, 0.25) is 0 Å². The summed E-state index contributed by atoms with van der Waals surface area (Å²) in [7, 11) is 0. The maximum Gasteiger partial charge on any atom is 0.314 e. The highest BCUT2D eigenvalue weighted by molar-refractivity contribution is 6.34. The van der Waals surface area contributed by atoms with Crippen molar-refractivity contribution in [2.45, 2.75) is 37.1 Å². The Bertz CT molecular complexity index is 1210. The molecule has 0 unspecified atom stereocenters. The van der Waals surface area contributed by atoms with Crippen molar-refractivity contribution in [1.82, 2.24) is 29.9 Å². The van der Waals surface area contributed by atoms with Crippen molar-refractivity contribution >= 4 is 40.0 Å². The maximum atomic E-state index is 6.14. The van der Waals surface area contributed by atoms with Gasteiger partial charge in [0.15, 0.2) is 11.3 Å². The summed E-state index contributed by atoms with van der Waals surface area (Å²) in [5.74, 6) is 0.231. The number of rotatable bonds is 4. The third kappa shape index (κ3) is 2.91. The molecule has 4 heterocycles. The molecule has 6 rings (SSSR count). The van der Waals surface area contributed by atoms with E-state index in [-0.39, 0.29) is 12.0 Å². The van der Waals surface area contributed by atoms with Crippen LogP contribution in [0.4, 0.5) is 0 Å². The Hall–Kier alpha value is -2.23. The van der Waals surface area contributed by atoms with Crippen molar-refractivity contribution < 1.29 is 9.78 Å². The predicted octanol–water partition coefficient (Wildman–Crippen LogP) is 3.91. The second-order valence-electron chi connectivity index (χ2n) is 7.51. The summed E-state index contributed by atoms with van der Waals surface area (Å²) in [6.45, 7) is 0. The summed E-state index contributed by atoms with van der Waals surface area (Å²) in [4.78, 5) is 18.2. The van der Waals surface area contributed by atoms with Crippen LogP contribution in [0.2, 0.25) is 10.0 Å². The number of nitrogens with one attached hydrogen (secondary N) is 2. The standard InChI is InChI=1S/C19H16Cl2N6O2/c20-12-6-11(7-13(21)8-12)19(28-29-19)24-14-2-1-10(5-14)18-26-25-16-9-23-17-15(27(16)18)3-4-22-17/h3-4,6-10,14,22,24H,1-2,5H2/t10-,14+/m1/s1. The van der Waals surface area contributed by atoms with Gasteiger partial charge in [0.05, 0.1) is 11.7 Å². The third-order valence-corrected chi connectivity index (χ3v) is 6.09. The SMILES string of the molecule is Clc1cc(Cl)cc(C2(N[C@H]3CC[C@@H](c4nnc5cnc6[nH]ccc6n45)C3)OO2)c1. The fourth-order valence-electron chi connectivity index (χ4n) is 4.29. The number of benzene rings is 1. The summed E-state index contributed by atoms with van der Waals surface area (Å²) in [5, 5.41) is 13.3. The third-order valence-electron chi connectivity index (χ3n) is 5.65. The Morgan fingerprint density at radius 2 is 1.97 bits per heavy atom. The van der Waals surface area contributed by atoms with Crippen LogP contribution in [-0.2, 0) is 15.7 Å². The van der Waals surface area contributed by atoms with E-state index in [4.69, 9.17) is 33.0 Å². The quantitative estimate of drug-likeness (QED) is 0.376. The van der Waals surface area contributed by atoms with Crippen LogP contribution in [0, 0.1) is 0 Å². The zero-order valence-corrected chi connectivity index (χ0v) is 16.6. The first-order valence-electron chi connectivity index (χ1n) is 9.39. The van der Waals surface area contributed by atoms with E-state index in [2.05, 4.69) is 29.9 Å². The number of aromatic amines is 1. The molecule has 2 aliphatic rings. The van der Waals surface area contributed by atoms with Gasteiger partial charge >= 0.3 is 5.91 Å². The number of nitrogens with zero attached hydrogens (tertiary/aromatic N) is 4. The number of H-pyrrole nitrogens is 1. The minimum atomic E-state index is -0.987. The lowest BCUT2D eigenvalue weighted by molar-refractivity contribution is 0.0850. The van der Waals surface area contributed by atoms with Crippen LogP contribution < -0.4 is 5.32 Å². The molecule has 2 atom stereocenters. The van der Waals surface area contributed by atoms with E-state index in [0.717, 1.165) is 47.5 Å². The highest BCUT2D eigenvalue weighted by Gasteiger charge is 2.53. The van der Waals surface area contributed by atoms with Gasteiger partial charge in [-0.15, -0.1) is 10.2 Å². The minimum Gasteiger partial charge on any atom is -0.345 e. The zero-order chi connectivity index (χ0) is 19.6. The number of hydrogen-bond acceptors (Lipinski definition) is 6. The topological polar surface area (TPSA) is 96.0 Å². The molecule has 10 heteroatoms. The number of aromatic nitrogens is 5. The molecule has 1 saturated carbocycles. The fourth-order valence-corrected chi connectivity index (χ4v) is 4.82. The first-order chi connectivity index (χ1) is 14.1. The lowest BCUT2D eigenvalue weighted by Crippen LogP contribution is -2.37. The second-order valence-corrected chi connectivity index (χ2v) is 8.39. The number of halogens is 2. The molecule has 1 saturated heterocycles. The van der Waals surface area contributed by atoms with Gasteiger partial charge in [-0.1, -0.05) is 23.2 Å². The van der Waals surface area contributed by atoms with E-state index in [1.54, 1.807) is 24.4 Å². The highest BCUT2D eigenvalue weighted by atomic mass is 35.5. The van der Waals surface area contributed by atoms with Crippen LogP contribution >= 0.6 is 23.2 Å². The lowest BCUT2D eigenvalue weighted by atomic mass is 10.1. The smallest absolute Gasteiger partial charge is 0.314 e. The Morgan fingerprint density at radius 1 is 1.14 bits per heavy atom. The second kappa shape index (κ2) is 6.38. The Kier molecular flexibility index (Phi) is 3.88. The van der Waals surface area contributed by atoms with Gasteiger partial charge in [0, 0.05) is 33.8 Å². The van der Waals surface area contributed by atoms with Crippen LogP contribution in [0.3, 0.4) is 0 Å². The first kappa shape index (κ1) is 17.6. The van der Waals surface area contributed by atoms with Crippen molar-refractivity contribution in [1.29, 1.82) is 0 Å². The van der Waals surface area contributed by atoms with Crippen molar-refractivity contribution in [3.63, 3.8) is 0 Å². The van der Waals surface area contributed by atoms with E-state index in [9.17, 15) is 0 Å².